The molecule has 0 saturated carbocycles. The number of rotatable bonds is 6. The Hall–Kier alpha value is -3.48. The smallest absolute Gasteiger partial charge is 0.251 e. The first-order chi connectivity index (χ1) is 14.4. The van der Waals surface area contributed by atoms with E-state index in [2.05, 4.69) is 5.32 Å². The third-order valence-electron chi connectivity index (χ3n) is 5.81. The maximum absolute atomic E-state index is 13.5. The van der Waals surface area contributed by atoms with E-state index in [4.69, 9.17) is 9.47 Å². The molecule has 2 amide bonds. The number of fused-ring (bicyclic) bond motifs is 1. The summed E-state index contributed by atoms with van der Waals surface area (Å²) in [6.07, 6.45) is 0.454. The average Bonchev–Trinajstić information content (AvgIpc) is 3.00. The van der Waals surface area contributed by atoms with E-state index in [9.17, 15) is 9.59 Å². The van der Waals surface area contributed by atoms with Gasteiger partial charge in [-0.1, -0.05) is 6.07 Å². The number of β-lactam (4-membered cyclic amide) rings is 1. The van der Waals surface area contributed by atoms with E-state index in [-0.39, 0.29) is 11.8 Å². The molecule has 7 heteroatoms. The molecule has 1 unspecified atom stereocenters. The number of benzene rings is 2. The highest BCUT2D eigenvalue weighted by molar-refractivity contribution is 6.02. The second-order valence-electron chi connectivity index (χ2n) is 7.40. The Kier molecular flexibility index (Phi) is 5.11. The fourth-order valence-corrected chi connectivity index (χ4v) is 4.00. The number of carbonyl (C=O) groups excluding carboxylic acids is 2. The normalized spacial score (nSPS) is 14.4. The van der Waals surface area contributed by atoms with Crippen molar-refractivity contribution in [3.05, 3.63) is 53.7 Å². The minimum Gasteiger partial charge on any atom is -0.497 e. The van der Waals surface area contributed by atoms with E-state index in [1.54, 1.807) is 31.3 Å². The zero-order valence-electron chi connectivity index (χ0n) is 17.6. The van der Waals surface area contributed by atoms with Crippen LogP contribution in [-0.2, 0) is 16.6 Å². The van der Waals surface area contributed by atoms with E-state index in [0.717, 1.165) is 22.2 Å². The second-order valence-corrected chi connectivity index (χ2v) is 7.40. The standard InChI is InChI=1S/C23H25N3O4/c1-14-21(18-13-17(30-4)8-9-19(18)25(14)2)22(26-11-10-20(26)27)23(28)24-15-6-5-7-16(12-15)29-3/h5-9,12-13,22H,10-11H2,1-4H3,(H,24,28). The van der Waals surface area contributed by atoms with Crippen LogP contribution in [0.5, 0.6) is 11.5 Å². The topological polar surface area (TPSA) is 72.8 Å². The molecule has 1 fully saturated rings. The zero-order chi connectivity index (χ0) is 21.4. The first kappa shape index (κ1) is 19.8. The van der Waals surface area contributed by atoms with Crippen molar-refractivity contribution in [1.82, 2.24) is 9.47 Å². The SMILES string of the molecule is COc1cccc(NC(=O)C(c2c(C)n(C)c3ccc(OC)cc23)N2CCC2=O)c1. The van der Waals surface area contributed by atoms with Crippen molar-refractivity contribution in [3.63, 3.8) is 0 Å². The van der Waals surface area contributed by atoms with Crippen molar-refractivity contribution in [1.29, 1.82) is 0 Å². The van der Waals surface area contributed by atoms with Gasteiger partial charge in [0, 0.05) is 53.9 Å². The van der Waals surface area contributed by atoms with Crippen molar-refractivity contribution in [2.75, 3.05) is 26.1 Å². The number of likely N-dealkylation sites (tertiary alicyclic amines) is 1. The van der Waals surface area contributed by atoms with Gasteiger partial charge in [0.2, 0.25) is 5.91 Å². The van der Waals surface area contributed by atoms with Crippen LogP contribution in [0.15, 0.2) is 42.5 Å². The molecule has 7 nitrogen and oxygen atoms in total. The molecule has 4 rings (SSSR count). The van der Waals surface area contributed by atoms with E-state index < -0.39 is 6.04 Å². The Bertz CT molecular complexity index is 1130. The predicted octanol–water partition coefficient (Wildman–Crippen LogP) is 3.42. The van der Waals surface area contributed by atoms with Crippen molar-refractivity contribution < 1.29 is 19.1 Å². The van der Waals surface area contributed by atoms with Gasteiger partial charge in [-0.05, 0) is 37.3 Å². The summed E-state index contributed by atoms with van der Waals surface area (Å²) in [5, 5.41) is 3.86. The van der Waals surface area contributed by atoms with E-state index in [1.807, 2.05) is 48.9 Å². The highest BCUT2D eigenvalue weighted by Gasteiger charge is 2.39. The molecule has 0 radical (unpaired) electrons. The Labute approximate surface area is 175 Å². The second kappa shape index (κ2) is 7.74. The minimum absolute atomic E-state index is 0.0277. The predicted molar refractivity (Wildman–Crippen MR) is 115 cm³/mol. The maximum Gasteiger partial charge on any atom is 0.251 e. The molecule has 1 aliphatic heterocycles. The first-order valence-electron chi connectivity index (χ1n) is 9.82. The first-order valence-corrected chi connectivity index (χ1v) is 9.82. The summed E-state index contributed by atoms with van der Waals surface area (Å²) in [7, 11) is 5.15. The number of amides is 2. The molecule has 156 valence electrons. The molecule has 0 spiro atoms. The third kappa shape index (κ3) is 3.26. The number of aryl methyl sites for hydroxylation is 1. The van der Waals surface area contributed by atoms with Crippen LogP contribution >= 0.6 is 0 Å². The summed E-state index contributed by atoms with van der Waals surface area (Å²) in [6.45, 7) is 2.52. The zero-order valence-corrected chi connectivity index (χ0v) is 17.6. The number of carbonyl (C=O) groups is 2. The number of ether oxygens (including phenoxy) is 2. The number of hydrogen-bond acceptors (Lipinski definition) is 4. The number of hydrogen-bond donors (Lipinski definition) is 1. The molecule has 0 bridgehead atoms. The highest BCUT2D eigenvalue weighted by Crippen LogP contribution is 2.38. The molecule has 0 aliphatic carbocycles. The van der Waals surface area contributed by atoms with Crippen molar-refractivity contribution in [2.45, 2.75) is 19.4 Å². The molecule has 3 aromatic rings. The van der Waals surface area contributed by atoms with Crippen molar-refractivity contribution in [3.8, 4) is 11.5 Å². The Balaban J connectivity index is 1.81. The van der Waals surface area contributed by atoms with Crippen LogP contribution in [0.1, 0.15) is 23.7 Å². The number of nitrogens with one attached hydrogen (secondary N) is 1. The van der Waals surface area contributed by atoms with Gasteiger partial charge >= 0.3 is 0 Å². The van der Waals surface area contributed by atoms with Crippen LogP contribution in [0.4, 0.5) is 5.69 Å². The van der Waals surface area contributed by atoms with E-state index in [1.165, 1.54) is 0 Å². The van der Waals surface area contributed by atoms with Crippen LogP contribution in [0, 0.1) is 6.92 Å². The molecule has 1 N–H and O–H groups in total. The molecular formula is C23H25N3O4. The van der Waals surface area contributed by atoms with Crippen LogP contribution in [0.3, 0.4) is 0 Å². The van der Waals surface area contributed by atoms with Gasteiger partial charge in [0.1, 0.15) is 17.5 Å². The molecule has 2 heterocycles. The number of nitrogens with zero attached hydrogens (tertiary/aromatic N) is 2. The van der Waals surface area contributed by atoms with Crippen LogP contribution < -0.4 is 14.8 Å². The summed E-state index contributed by atoms with van der Waals surface area (Å²) in [5.74, 6) is 1.07. The van der Waals surface area contributed by atoms with Gasteiger partial charge in [-0.25, -0.2) is 0 Å². The fourth-order valence-electron chi connectivity index (χ4n) is 4.00. The van der Waals surface area contributed by atoms with Gasteiger partial charge in [-0.2, -0.15) is 0 Å². The van der Waals surface area contributed by atoms with Crippen molar-refractivity contribution in [2.24, 2.45) is 7.05 Å². The Morgan fingerprint density at radius 3 is 2.47 bits per heavy atom. The number of aromatic nitrogens is 1. The van der Waals surface area contributed by atoms with Crippen LogP contribution in [0.2, 0.25) is 0 Å². The summed E-state index contributed by atoms with van der Waals surface area (Å²) < 4.78 is 12.7. The third-order valence-corrected chi connectivity index (χ3v) is 5.81. The molecule has 1 aliphatic rings. The number of anilines is 1. The lowest BCUT2D eigenvalue weighted by Crippen LogP contribution is -2.49. The molecule has 2 aromatic carbocycles. The quantitative estimate of drug-likeness (QED) is 0.636. The summed E-state index contributed by atoms with van der Waals surface area (Å²) in [5.41, 5.74) is 3.35. The highest BCUT2D eigenvalue weighted by atomic mass is 16.5. The van der Waals surface area contributed by atoms with Gasteiger partial charge in [0.25, 0.3) is 5.91 Å². The van der Waals surface area contributed by atoms with E-state index in [0.29, 0.717) is 30.2 Å². The lowest BCUT2D eigenvalue weighted by atomic mass is 9.97. The van der Waals surface area contributed by atoms with E-state index >= 15 is 0 Å². The number of methoxy groups -OCH3 is 2. The Morgan fingerprint density at radius 1 is 1.10 bits per heavy atom. The molecule has 1 atom stereocenters. The van der Waals surface area contributed by atoms with Crippen molar-refractivity contribution >= 4 is 28.4 Å². The minimum atomic E-state index is -0.728. The van der Waals surface area contributed by atoms with Gasteiger partial charge in [0.15, 0.2) is 0 Å². The summed E-state index contributed by atoms with van der Waals surface area (Å²) in [6, 6.07) is 12.2. The summed E-state index contributed by atoms with van der Waals surface area (Å²) >= 11 is 0. The lowest BCUT2D eigenvalue weighted by molar-refractivity contribution is -0.147. The Morgan fingerprint density at radius 2 is 1.83 bits per heavy atom. The van der Waals surface area contributed by atoms with Gasteiger partial charge in [0.05, 0.1) is 14.2 Å². The molecule has 1 aromatic heterocycles. The van der Waals surface area contributed by atoms with Crippen LogP contribution in [-0.4, -0.2) is 42.0 Å². The molecular weight excluding hydrogens is 382 g/mol. The average molecular weight is 407 g/mol. The summed E-state index contributed by atoms with van der Waals surface area (Å²) in [4.78, 5) is 27.5. The fraction of sp³-hybridized carbons (Fsp3) is 0.304. The van der Waals surface area contributed by atoms with Crippen LogP contribution in [0.25, 0.3) is 10.9 Å². The lowest BCUT2D eigenvalue weighted by Gasteiger charge is -2.37. The van der Waals surface area contributed by atoms with Gasteiger partial charge in [-0.3, -0.25) is 9.59 Å². The monoisotopic (exact) mass is 407 g/mol. The largest absolute Gasteiger partial charge is 0.497 e. The molecule has 30 heavy (non-hydrogen) atoms. The maximum atomic E-state index is 13.5. The van der Waals surface area contributed by atoms with Gasteiger partial charge in [-0.15, -0.1) is 0 Å². The van der Waals surface area contributed by atoms with Gasteiger partial charge < -0.3 is 24.3 Å². The molecule has 1 saturated heterocycles.